The topological polar surface area (TPSA) is 52.7 Å². The second-order valence-corrected chi connectivity index (χ2v) is 9.01. The lowest BCUT2D eigenvalue weighted by Gasteiger charge is -2.40. The van der Waals surface area contributed by atoms with Crippen LogP contribution in [0.15, 0.2) is 0 Å². The number of carbonyl (C=O) groups excluding carboxylic acids is 2. The average Bonchev–Trinajstić information content (AvgIpc) is 2.91. The Morgan fingerprint density at radius 2 is 1.42 bits per heavy atom. The van der Waals surface area contributed by atoms with Gasteiger partial charge < -0.3 is 10.2 Å². The van der Waals surface area contributed by atoms with Gasteiger partial charge >= 0.3 is 0 Å². The maximum absolute atomic E-state index is 12.7. The summed E-state index contributed by atoms with van der Waals surface area (Å²) in [5.41, 5.74) is 0. The summed E-state index contributed by atoms with van der Waals surface area (Å²) in [7, 11) is 0. The lowest BCUT2D eigenvalue weighted by atomic mass is 9.88. The number of likely N-dealkylation sites (tertiary alicyclic amines) is 1. The van der Waals surface area contributed by atoms with E-state index in [1.165, 1.54) is 38.5 Å². The van der Waals surface area contributed by atoms with Gasteiger partial charge in [-0.25, -0.2) is 0 Å². The predicted octanol–water partition coefficient (Wildman–Crippen LogP) is 2.69. The number of amides is 2. The molecule has 0 radical (unpaired) electrons. The van der Waals surface area contributed by atoms with Crippen LogP contribution in [-0.2, 0) is 9.59 Å². The quantitative estimate of drug-likeness (QED) is 0.838. The highest BCUT2D eigenvalue weighted by molar-refractivity contribution is 5.79. The van der Waals surface area contributed by atoms with Crippen molar-refractivity contribution in [2.75, 3.05) is 19.6 Å². The minimum Gasteiger partial charge on any atom is -0.353 e. The molecule has 2 amide bonds. The molecule has 0 aromatic heterocycles. The molecule has 5 nitrogen and oxygen atoms in total. The monoisotopic (exact) mass is 361 g/mol. The van der Waals surface area contributed by atoms with Gasteiger partial charge in [0, 0.05) is 37.1 Å². The summed E-state index contributed by atoms with van der Waals surface area (Å²) in [5, 5.41) is 3.37. The van der Waals surface area contributed by atoms with Crippen molar-refractivity contribution in [3.05, 3.63) is 0 Å². The Balaban J connectivity index is 1.28. The Hall–Kier alpha value is -1.10. The summed E-state index contributed by atoms with van der Waals surface area (Å²) < 4.78 is 0. The fourth-order valence-corrected chi connectivity index (χ4v) is 5.73. The Morgan fingerprint density at radius 1 is 0.808 bits per heavy atom. The van der Waals surface area contributed by atoms with Crippen molar-refractivity contribution in [3.63, 3.8) is 0 Å². The maximum atomic E-state index is 12.7. The molecule has 4 aliphatic rings. The average molecular weight is 362 g/mol. The van der Waals surface area contributed by atoms with Crippen LogP contribution in [0.25, 0.3) is 0 Å². The van der Waals surface area contributed by atoms with Gasteiger partial charge in [-0.05, 0) is 57.8 Å². The van der Waals surface area contributed by atoms with E-state index in [1.54, 1.807) is 0 Å². The van der Waals surface area contributed by atoms with Gasteiger partial charge in [0.2, 0.25) is 11.8 Å². The minimum atomic E-state index is 0.250. The number of rotatable bonds is 4. The van der Waals surface area contributed by atoms with Crippen molar-refractivity contribution in [1.82, 2.24) is 15.1 Å². The number of carbonyl (C=O) groups is 2. The van der Waals surface area contributed by atoms with Crippen molar-refractivity contribution in [2.45, 2.75) is 95.2 Å². The minimum absolute atomic E-state index is 0.250. The Morgan fingerprint density at radius 3 is 2.08 bits per heavy atom. The Bertz CT molecular complexity index is 497. The molecule has 3 aliphatic heterocycles. The van der Waals surface area contributed by atoms with Gasteiger partial charge in [0.1, 0.15) is 0 Å². The SMILES string of the molecule is O=C(NC1CC2CCC(C1)N2CC(=O)N1CCCCC1)C1CCCCC1. The Labute approximate surface area is 157 Å². The van der Waals surface area contributed by atoms with Crippen LogP contribution in [0.3, 0.4) is 0 Å². The smallest absolute Gasteiger partial charge is 0.236 e. The maximum Gasteiger partial charge on any atom is 0.236 e. The van der Waals surface area contributed by atoms with E-state index in [9.17, 15) is 9.59 Å². The van der Waals surface area contributed by atoms with Crippen molar-refractivity contribution >= 4 is 11.8 Å². The summed E-state index contributed by atoms with van der Waals surface area (Å²) in [6.45, 7) is 2.49. The van der Waals surface area contributed by atoms with E-state index < -0.39 is 0 Å². The Kier molecular flexibility index (Phi) is 5.82. The summed E-state index contributed by atoms with van der Waals surface area (Å²) >= 11 is 0. The van der Waals surface area contributed by atoms with E-state index in [-0.39, 0.29) is 5.92 Å². The molecule has 146 valence electrons. The van der Waals surface area contributed by atoms with Gasteiger partial charge in [-0.15, -0.1) is 0 Å². The molecule has 2 bridgehead atoms. The van der Waals surface area contributed by atoms with Crippen molar-refractivity contribution in [2.24, 2.45) is 5.92 Å². The number of nitrogens with one attached hydrogen (secondary N) is 1. The fraction of sp³-hybridized carbons (Fsp3) is 0.905. The zero-order chi connectivity index (χ0) is 17.9. The summed E-state index contributed by atoms with van der Waals surface area (Å²) in [6, 6.07) is 1.29. The third-order valence-electron chi connectivity index (χ3n) is 7.23. The lowest BCUT2D eigenvalue weighted by molar-refractivity contribution is -0.135. The van der Waals surface area contributed by atoms with Crippen molar-refractivity contribution < 1.29 is 9.59 Å². The molecule has 0 aromatic rings. The molecule has 2 atom stereocenters. The second-order valence-electron chi connectivity index (χ2n) is 9.01. The van der Waals surface area contributed by atoms with E-state index in [0.29, 0.717) is 36.5 Å². The highest BCUT2D eigenvalue weighted by Gasteiger charge is 2.42. The van der Waals surface area contributed by atoms with Crippen molar-refractivity contribution in [3.8, 4) is 0 Å². The molecule has 2 unspecified atom stereocenters. The predicted molar refractivity (Wildman–Crippen MR) is 102 cm³/mol. The summed E-state index contributed by atoms with van der Waals surface area (Å²) in [4.78, 5) is 29.8. The molecule has 1 N–H and O–H groups in total. The number of fused-ring (bicyclic) bond motifs is 2. The first-order valence-electron chi connectivity index (χ1n) is 11.0. The molecule has 3 saturated heterocycles. The molecule has 0 aromatic carbocycles. The second kappa shape index (κ2) is 8.28. The van der Waals surface area contributed by atoms with E-state index in [0.717, 1.165) is 51.6 Å². The van der Waals surface area contributed by atoms with Crippen LogP contribution in [0.1, 0.15) is 77.0 Å². The molecule has 1 aliphatic carbocycles. The summed E-state index contributed by atoms with van der Waals surface area (Å²) in [5.74, 6) is 0.873. The van der Waals surface area contributed by atoms with Crippen LogP contribution in [-0.4, -0.2) is 59.4 Å². The highest BCUT2D eigenvalue weighted by Crippen LogP contribution is 2.36. The van der Waals surface area contributed by atoms with E-state index in [4.69, 9.17) is 0 Å². The highest BCUT2D eigenvalue weighted by atomic mass is 16.2. The number of hydrogen-bond donors (Lipinski definition) is 1. The molecule has 4 fully saturated rings. The van der Waals surface area contributed by atoms with E-state index in [1.807, 2.05) is 0 Å². The van der Waals surface area contributed by atoms with Gasteiger partial charge in [-0.3, -0.25) is 14.5 Å². The lowest BCUT2D eigenvalue weighted by Crippen LogP contribution is -2.54. The standard InChI is InChI=1S/C21H35N3O2/c25-20(23-11-5-2-6-12-23)15-24-18-9-10-19(24)14-17(13-18)22-21(26)16-7-3-1-4-8-16/h16-19H,1-15H2,(H,22,26). The number of piperidine rings is 2. The van der Waals surface area contributed by atoms with Crippen LogP contribution >= 0.6 is 0 Å². The molecule has 3 heterocycles. The van der Waals surface area contributed by atoms with Crippen LogP contribution < -0.4 is 5.32 Å². The first-order chi connectivity index (χ1) is 12.7. The molecule has 4 rings (SSSR count). The molecular formula is C21H35N3O2. The molecule has 5 heteroatoms. The van der Waals surface area contributed by atoms with Crippen LogP contribution in [0, 0.1) is 5.92 Å². The molecule has 1 saturated carbocycles. The van der Waals surface area contributed by atoms with Crippen LogP contribution in [0.2, 0.25) is 0 Å². The zero-order valence-corrected chi connectivity index (χ0v) is 16.1. The van der Waals surface area contributed by atoms with Gasteiger partial charge in [0.15, 0.2) is 0 Å². The number of hydrogen-bond acceptors (Lipinski definition) is 3. The zero-order valence-electron chi connectivity index (χ0n) is 16.1. The normalized spacial score (nSPS) is 33.2. The van der Waals surface area contributed by atoms with E-state index in [2.05, 4.69) is 15.1 Å². The van der Waals surface area contributed by atoms with E-state index >= 15 is 0 Å². The third kappa shape index (κ3) is 4.08. The van der Waals surface area contributed by atoms with Crippen LogP contribution in [0.5, 0.6) is 0 Å². The molecule has 0 spiro atoms. The number of nitrogens with zero attached hydrogens (tertiary/aromatic N) is 2. The van der Waals surface area contributed by atoms with Crippen LogP contribution in [0.4, 0.5) is 0 Å². The van der Waals surface area contributed by atoms with Gasteiger partial charge in [0.25, 0.3) is 0 Å². The summed E-state index contributed by atoms with van der Waals surface area (Å²) in [6.07, 6.45) is 13.9. The van der Waals surface area contributed by atoms with Gasteiger partial charge in [0.05, 0.1) is 6.54 Å². The third-order valence-corrected chi connectivity index (χ3v) is 7.23. The first kappa shape index (κ1) is 18.3. The first-order valence-corrected chi connectivity index (χ1v) is 11.0. The fourth-order valence-electron chi connectivity index (χ4n) is 5.73. The molecule has 26 heavy (non-hydrogen) atoms. The van der Waals surface area contributed by atoms with Gasteiger partial charge in [-0.2, -0.15) is 0 Å². The van der Waals surface area contributed by atoms with Crippen molar-refractivity contribution in [1.29, 1.82) is 0 Å². The largest absolute Gasteiger partial charge is 0.353 e. The van der Waals surface area contributed by atoms with Gasteiger partial charge in [-0.1, -0.05) is 19.3 Å². The molecular weight excluding hydrogens is 326 g/mol.